The van der Waals surface area contributed by atoms with Crippen molar-refractivity contribution in [2.75, 3.05) is 13.7 Å². The molecule has 25 heavy (non-hydrogen) atoms. The van der Waals surface area contributed by atoms with Gasteiger partial charge >= 0.3 is 0 Å². The average Bonchev–Trinajstić information content (AvgIpc) is 2.60. The van der Waals surface area contributed by atoms with Gasteiger partial charge in [0.2, 0.25) is 5.91 Å². The van der Waals surface area contributed by atoms with E-state index in [-0.39, 0.29) is 11.7 Å². The first kappa shape index (κ1) is 19.0. The van der Waals surface area contributed by atoms with Gasteiger partial charge in [0.1, 0.15) is 5.75 Å². The topological polar surface area (TPSA) is 46.6 Å². The fourth-order valence-corrected chi connectivity index (χ4v) is 2.47. The molecule has 0 spiro atoms. The molecule has 0 aliphatic rings. The number of ether oxygens (including phenoxy) is 1. The summed E-state index contributed by atoms with van der Waals surface area (Å²) in [4.78, 5) is 25.1. The van der Waals surface area contributed by atoms with E-state index in [0.717, 1.165) is 5.56 Å². The van der Waals surface area contributed by atoms with Crippen molar-refractivity contribution in [3.05, 3.63) is 64.7 Å². The summed E-state index contributed by atoms with van der Waals surface area (Å²) in [5, 5.41) is 0.686. The number of hydrogen-bond acceptors (Lipinski definition) is 3. The SMILES string of the molecule is CC(=O)c1ccc(OCCCC(=O)N(C)Cc2ccc(Cl)cc2)cc1. The normalized spacial score (nSPS) is 10.4. The minimum Gasteiger partial charge on any atom is -0.494 e. The molecule has 132 valence electrons. The highest BCUT2D eigenvalue weighted by molar-refractivity contribution is 6.30. The van der Waals surface area contributed by atoms with Crippen molar-refractivity contribution >= 4 is 23.3 Å². The van der Waals surface area contributed by atoms with Crippen molar-refractivity contribution in [1.29, 1.82) is 0 Å². The smallest absolute Gasteiger partial charge is 0.222 e. The number of rotatable bonds is 8. The van der Waals surface area contributed by atoms with Crippen LogP contribution in [0.3, 0.4) is 0 Å². The Balaban J connectivity index is 1.70. The Bertz CT molecular complexity index is 711. The van der Waals surface area contributed by atoms with Crippen LogP contribution in [0, 0.1) is 0 Å². The maximum absolute atomic E-state index is 12.2. The van der Waals surface area contributed by atoms with Crippen LogP contribution in [-0.4, -0.2) is 30.2 Å². The number of halogens is 1. The minimum absolute atomic E-state index is 0.0286. The number of hydrogen-bond donors (Lipinski definition) is 0. The highest BCUT2D eigenvalue weighted by Gasteiger charge is 2.09. The average molecular weight is 360 g/mol. The third kappa shape index (κ3) is 6.24. The van der Waals surface area contributed by atoms with Crippen molar-refractivity contribution < 1.29 is 14.3 Å². The first-order valence-corrected chi connectivity index (χ1v) is 8.55. The lowest BCUT2D eigenvalue weighted by Gasteiger charge is -2.17. The molecule has 0 aromatic heterocycles. The van der Waals surface area contributed by atoms with Gasteiger partial charge in [0.25, 0.3) is 0 Å². The van der Waals surface area contributed by atoms with Crippen LogP contribution < -0.4 is 4.74 Å². The Morgan fingerprint density at radius 1 is 1.04 bits per heavy atom. The summed E-state index contributed by atoms with van der Waals surface area (Å²) in [7, 11) is 1.79. The van der Waals surface area contributed by atoms with Crippen LogP contribution >= 0.6 is 11.6 Å². The quantitative estimate of drug-likeness (QED) is 0.519. The minimum atomic E-state index is 0.0286. The summed E-state index contributed by atoms with van der Waals surface area (Å²) in [5.41, 5.74) is 1.70. The Morgan fingerprint density at radius 2 is 1.68 bits per heavy atom. The first-order valence-electron chi connectivity index (χ1n) is 8.18. The number of ketones is 1. The van der Waals surface area contributed by atoms with E-state index in [2.05, 4.69) is 0 Å². The Labute approximate surface area is 153 Å². The molecule has 0 saturated carbocycles. The predicted molar refractivity (Wildman–Crippen MR) is 99.1 cm³/mol. The zero-order chi connectivity index (χ0) is 18.2. The molecule has 4 nitrogen and oxygen atoms in total. The van der Waals surface area contributed by atoms with Gasteiger partial charge in [0.15, 0.2) is 5.78 Å². The van der Waals surface area contributed by atoms with Gasteiger partial charge < -0.3 is 9.64 Å². The standard InChI is InChI=1S/C20H22ClNO3/c1-15(23)17-7-11-19(12-8-17)25-13-3-4-20(24)22(2)14-16-5-9-18(21)10-6-16/h5-12H,3-4,13-14H2,1-2H3. The summed E-state index contributed by atoms with van der Waals surface area (Å²) >= 11 is 5.86. The highest BCUT2D eigenvalue weighted by Crippen LogP contribution is 2.14. The number of carbonyl (C=O) groups is 2. The molecule has 0 N–H and O–H groups in total. The van der Waals surface area contributed by atoms with Gasteiger partial charge in [-0.25, -0.2) is 0 Å². The molecule has 0 heterocycles. The third-order valence-electron chi connectivity index (χ3n) is 3.82. The molecule has 0 aliphatic heterocycles. The second kappa shape index (κ2) is 9.23. The molecule has 0 bridgehead atoms. The summed E-state index contributed by atoms with van der Waals surface area (Å²) in [6, 6.07) is 14.5. The van der Waals surface area contributed by atoms with Crippen LogP contribution in [0.5, 0.6) is 5.75 Å². The van der Waals surface area contributed by atoms with E-state index in [9.17, 15) is 9.59 Å². The second-order valence-electron chi connectivity index (χ2n) is 5.91. The van der Waals surface area contributed by atoms with Crippen molar-refractivity contribution in [3.63, 3.8) is 0 Å². The molecule has 5 heteroatoms. The van der Waals surface area contributed by atoms with Gasteiger partial charge in [-0.05, 0) is 55.3 Å². The fourth-order valence-electron chi connectivity index (χ4n) is 2.34. The maximum atomic E-state index is 12.2. The summed E-state index contributed by atoms with van der Waals surface area (Å²) in [6.07, 6.45) is 1.06. The van der Waals surface area contributed by atoms with Crippen LogP contribution in [0.25, 0.3) is 0 Å². The van der Waals surface area contributed by atoms with Crippen molar-refractivity contribution in [2.24, 2.45) is 0 Å². The van der Waals surface area contributed by atoms with E-state index in [1.54, 1.807) is 36.2 Å². The van der Waals surface area contributed by atoms with Crippen LogP contribution in [0.15, 0.2) is 48.5 Å². The van der Waals surface area contributed by atoms with Crippen LogP contribution in [0.4, 0.5) is 0 Å². The lowest BCUT2D eigenvalue weighted by Crippen LogP contribution is -2.26. The van der Waals surface area contributed by atoms with Gasteiger partial charge in [-0.2, -0.15) is 0 Å². The second-order valence-corrected chi connectivity index (χ2v) is 6.35. The van der Waals surface area contributed by atoms with Gasteiger partial charge in [-0.15, -0.1) is 0 Å². The summed E-state index contributed by atoms with van der Waals surface area (Å²) in [6.45, 7) is 2.55. The van der Waals surface area contributed by atoms with E-state index in [1.165, 1.54) is 6.92 Å². The Kier molecular flexibility index (Phi) is 7.02. The van der Waals surface area contributed by atoms with E-state index >= 15 is 0 Å². The molecule has 0 fully saturated rings. The zero-order valence-corrected chi connectivity index (χ0v) is 15.3. The monoisotopic (exact) mass is 359 g/mol. The van der Waals surface area contributed by atoms with Crippen LogP contribution in [-0.2, 0) is 11.3 Å². The summed E-state index contributed by atoms with van der Waals surface area (Å²) in [5.74, 6) is 0.804. The lowest BCUT2D eigenvalue weighted by molar-refractivity contribution is -0.130. The van der Waals surface area contributed by atoms with Gasteiger partial charge in [0.05, 0.1) is 6.61 Å². The predicted octanol–water partition coefficient (Wildman–Crippen LogP) is 4.36. The van der Waals surface area contributed by atoms with E-state index in [4.69, 9.17) is 16.3 Å². The molecule has 2 rings (SSSR count). The number of Topliss-reactive ketones (excluding diaryl/α,β-unsaturated/α-hetero) is 1. The molecule has 0 radical (unpaired) electrons. The largest absolute Gasteiger partial charge is 0.494 e. The Hall–Kier alpha value is -2.33. The molecule has 2 aromatic rings. The molecule has 0 unspecified atom stereocenters. The number of nitrogens with zero attached hydrogens (tertiary/aromatic N) is 1. The van der Waals surface area contributed by atoms with Crippen LogP contribution in [0.1, 0.15) is 35.7 Å². The van der Waals surface area contributed by atoms with Crippen LogP contribution in [0.2, 0.25) is 5.02 Å². The number of carbonyl (C=O) groups excluding carboxylic acids is 2. The molecular weight excluding hydrogens is 338 g/mol. The van der Waals surface area contributed by atoms with Crippen molar-refractivity contribution in [3.8, 4) is 5.75 Å². The number of benzene rings is 2. The summed E-state index contributed by atoms with van der Waals surface area (Å²) < 4.78 is 5.61. The van der Waals surface area contributed by atoms with E-state index in [0.29, 0.717) is 42.3 Å². The van der Waals surface area contributed by atoms with E-state index < -0.39 is 0 Å². The van der Waals surface area contributed by atoms with Gasteiger partial charge in [-0.1, -0.05) is 23.7 Å². The highest BCUT2D eigenvalue weighted by atomic mass is 35.5. The maximum Gasteiger partial charge on any atom is 0.222 e. The van der Waals surface area contributed by atoms with Crippen molar-refractivity contribution in [1.82, 2.24) is 4.90 Å². The molecule has 0 atom stereocenters. The molecule has 0 saturated heterocycles. The molecule has 1 amide bonds. The lowest BCUT2D eigenvalue weighted by atomic mass is 10.1. The number of amides is 1. The zero-order valence-electron chi connectivity index (χ0n) is 14.5. The van der Waals surface area contributed by atoms with Gasteiger partial charge in [-0.3, -0.25) is 9.59 Å². The third-order valence-corrected chi connectivity index (χ3v) is 4.08. The Morgan fingerprint density at radius 3 is 2.28 bits per heavy atom. The molecule has 0 aliphatic carbocycles. The molecular formula is C20H22ClNO3. The molecule has 2 aromatic carbocycles. The van der Waals surface area contributed by atoms with Gasteiger partial charge in [0, 0.05) is 30.6 Å². The van der Waals surface area contributed by atoms with E-state index in [1.807, 2.05) is 24.3 Å². The van der Waals surface area contributed by atoms with Crippen molar-refractivity contribution in [2.45, 2.75) is 26.3 Å². The first-order chi connectivity index (χ1) is 12.0. The fraction of sp³-hybridized carbons (Fsp3) is 0.300.